The third-order valence-corrected chi connectivity index (χ3v) is 3.86. The fourth-order valence-electron chi connectivity index (χ4n) is 2.40. The van der Waals surface area contributed by atoms with Crippen molar-refractivity contribution in [3.05, 3.63) is 69.7 Å². The van der Waals surface area contributed by atoms with E-state index in [-0.39, 0.29) is 12.1 Å². The number of ether oxygens (including phenoxy) is 1. The topological polar surface area (TPSA) is 26.3 Å². The van der Waals surface area contributed by atoms with Crippen LogP contribution in [0.2, 0.25) is 0 Å². The molecule has 0 saturated heterocycles. The van der Waals surface area contributed by atoms with Crippen molar-refractivity contribution >= 4 is 21.9 Å². The Morgan fingerprint density at radius 1 is 1.11 bits per heavy atom. The molecule has 2 aromatic rings. The average Bonchev–Trinajstić information content (AvgIpc) is 2.74. The van der Waals surface area contributed by atoms with Crippen molar-refractivity contribution in [3.63, 3.8) is 0 Å². The van der Waals surface area contributed by atoms with Crippen molar-refractivity contribution in [1.29, 1.82) is 0 Å². The maximum absolute atomic E-state index is 11.8. The molecule has 2 aromatic carbocycles. The molecule has 19 heavy (non-hydrogen) atoms. The highest BCUT2D eigenvalue weighted by Gasteiger charge is 2.30. The first-order chi connectivity index (χ1) is 9.24. The maximum Gasteiger partial charge on any atom is 0.339 e. The summed E-state index contributed by atoms with van der Waals surface area (Å²) in [6.07, 6.45) is 1.62. The fraction of sp³-hybridized carbons (Fsp3) is 0.188. The van der Waals surface area contributed by atoms with Gasteiger partial charge in [0.1, 0.15) is 6.10 Å². The minimum Gasteiger partial charge on any atom is -0.454 e. The highest BCUT2D eigenvalue weighted by molar-refractivity contribution is 9.10. The van der Waals surface area contributed by atoms with Gasteiger partial charge in [-0.2, -0.15) is 0 Å². The van der Waals surface area contributed by atoms with Gasteiger partial charge in [-0.3, -0.25) is 0 Å². The van der Waals surface area contributed by atoms with Gasteiger partial charge < -0.3 is 4.74 Å². The van der Waals surface area contributed by atoms with Crippen LogP contribution in [0.3, 0.4) is 0 Å². The molecule has 0 spiro atoms. The van der Waals surface area contributed by atoms with Crippen molar-refractivity contribution in [3.8, 4) is 0 Å². The van der Waals surface area contributed by atoms with Gasteiger partial charge in [-0.15, -0.1) is 0 Å². The second-order valence-corrected chi connectivity index (χ2v) is 5.57. The van der Waals surface area contributed by atoms with Crippen LogP contribution in [0.1, 0.15) is 34.0 Å². The quantitative estimate of drug-likeness (QED) is 0.789. The number of halogens is 1. The summed E-state index contributed by atoms with van der Waals surface area (Å²) < 4.78 is 6.36. The van der Waals surface area contributed by atoms with E-state index in [0.717, 1.165) is 22.9 Å². The number of carbonyl (C=O) groups is 1. The van der Waals surface area contributed by atoms with Crippen LogP contribution < -0.4 is 0 Å². The number of hydrogen-bond donors (Lipinski definition) is 0. The summed E-state index contributed by atoms with van der Waals surface area (Å²) in [4.78, 5) is 11.8. The maximum atomic E-state index is 11.8. The molecule has 1 aliphatic heterocycles. The summed E-state index contributed by atoms with van der Waals surface area (Å²) >= 11 is 3.38. The van der Waals surface area contributed by atoms with Crippen molar-refractivity contribution in [2.45, 2.75) is 18.9 Å². The molecule has 1 atom stereocenters. The van der Waals surface area contributed by atoms with Crippen LogP contribution in [0.5, 0.6) is 0 Å². The lowest BCUT2D eigenvalue weighted by Gasteiger charge is -2.10. The molecule has 1 heterocycles. The van der Waals surface area contributed by atoms with Crippen LogP contribution in [0, 0.1) is 0 Å². The van der Waals surface area contributed by atoms with Crippen LogP contribution >= 0.6 is 15.9 Å². The zero-order chi connectivity index (χ0) is 13.2. The molecule has 0 radical (unpaired) electrons. The summed E-state index contributed by atoms with van der Waals surface area (Å²) in [6.45, 7) is 0. The smallest absolute Gasteiger partial charge is 0.339 e. The summed E-state index contributed by atoms with van der Waals surface area (Å²) in [5.41, 5.74) is 2.96. The van der Waals surface area contributed by atoms with Gasteiger partial charge in [0.15, 0.2) is 0 Å². The molecule has 0 saturated carbocycles. The minimum atomic E-state index is -0.214. The van der Waals surface area contributed by atoms with Gasteiger partial charge in [-0.05, 0) is 30.5 Å². The van der Waals surface area contributed by atoms with Crippen molar-refractivity contribution in [2.24, 2.45) is 0 Å². The number of aryl methyl sites for hydroxylation is 1. The van der Waals surface area contributed by atoms with E-state index >= 15 is 0 Å². The van der Waals surface area contributed by atoms with Gasteiger partial charge in [0.2, 0.25) is 0 Å². The van der Waals surface area contributed by atoms with E-state index in [1.165, 1.54) is 5.56 Å². The summed E-state index contributed by atoms with van der Waals surface area (Å²) in [7, 11) is 0. The zero-order valence-corrected chi connectivity index (χ0v) is 11.9. The molecule has 0 aromatic heterocycles. The normalized spacial score (nSPS) is 17.1. The largest absolute Gasteiger partial charge is 0.454 e. The minimum absolute atomic E-state index is 0.115. The summed E-state index contributed by atoms with van der Waals surface area (Å²) in [5, 5.41) is 0. The first kappa shape index (κ1) is 12.4. The Bertz CT molecular complexity index is 607. The van der Waals surface area contributed by atoms with Crippen molar-refractivity contribution < 1.29 is 9.53 Å². The summed E-state index contributed by atoms with van der Waals surface area (Å²) in [6, 6.07) is 16.0. The van der Waals surface area contributed by atoms with E-state index in [2.05, 4.69) is 28.1 Å². The lowest BCUT2D eigenvalue weighted by atomic mass is 9.99. The second kappa shape index (κ2) is 5.17. The number of rotatable bonds is 3. The third-order valence-electron chi connectivity index (χ3n) is 3.37. The van der Waals surface area contributed by atoms with Crippen LogP contribution in [-0.4, -0.2) is 5.97 Å². The molecule has 1 unspecified atom stereocenters. The molecule has 3 rings (SSSR count). The highest BCUT2D eigenvalue weighted by Crippen LogP contribution is 2.35. The number of fused-ring (bicyclic) bond motifs is 1. The van der Waals surface area contributed by atoms with Gasteiger partial charge >= 0.3 is 5.97 Å². The number of esters is 1. The lowest BCUT2D eigenvalue weighted by molar-refractivity contribution is 0.0369. The van der Waals surface area contributed by atoms with Gasteiger partial charge in [0.05, 0.1) is 5.56 Å². The standard InChI is InChI=1S/C16H13BrO2/c17-12-7-8-13-14(10-12)16(18)19-15(13)9-6-11-4-2-1-3-5-11/h1-5,7-8,10,15H,6,9H2. The van der Waals surface area contributed by atoms with Crippen molar-refractivity contribution in [1.82, 2.24) is 0 Å². The van der Waals surface area contributed by atoms with Crippen molar-refractivity contribution in [2.75, 3.05) is 0 Å². The Morgan fingerprint density at radius 2 is 1.89 bits per heavy atom. The molecule has 0 fully saturated rings. The first-order valence-corrected chi connectivity index (χ1v) is 7.08. The van der Waals surface area contributed by atoms with E-state index in [1.807, 2.05) is 36.4 Å². The molecule has 0 N–H and O–H groups in total. The third kappa shape index (κ3) is 2.56. The average molecular weight is 317 g/mol. The Kier molecular flexibility index (Phi) is 3.38. The highest BCUT2D eigenvalue weighted by atomic mass is 79.9. The Hall–Kier alpha value is -1.61. The van der Waals surface area contributed by atoms with Gasteiger partial charge in [0.25, 0.3) is 0 Å². The molecule has 3 heteroatoms. The Labute approximate surface area is 120 Å². The monoisotopic (exact) mass is 316 g/mol. The second-order valence-electron chi connectivity index (χ2n) is 4.65. The molecule has 0 bridgehead atoms. The molecule has 96 valence electrons. The Balaban J connectivity index is 1.76. The fourth-order valence-corrected chi connectivity index (χ4v) is 2.76. The lowest BCUT2D eigenvalue weighted by Crippen LogP contribution is -2.00. The molecular formula is C16H13BrO2. The molecule has 0 amide bonds. The van der Waals surface area contributed by atoms with Crippen LogP contribution in [0.15, 0.2) is 53.0 Å². The van der Waals surface area contributed by atoms with Crippen LogP contribution in [-0.2, 0) is 11.2 Å². The van der Waals surface area contributed by atoms with Crippen LogP contribution in [0.25, 0.3) is 0 Å². The van der Waals surface area contributed by atoms with Crippen LogP contribution in [0.4, 0.5) is 0 Å². The predicted octanol–water partition coefficient (Wildman–Crippen LogP) is 4.29. The van der Waals surface area contributed by atoms with Gasteiger partial charge in [-0.25, -0.2) is 4.79 Å². The first-order valence-electron chi connectivity index (χ1n) is 6.28. The molecule has 2 nitrogen and oxygen atoms in total. The van der Waals surface area contributed by atoms with E-state index in [4.69, 9.17) is 4.74 Å². The van der Waals surface area contributed by atoms with E-state index in [9.17, 15) is 4.79 Å². The number of carbonyl (C=O) groups excluding carboxylic acids is 1. The van der Waals surface area contributed by atoms with E-state index < -0.39 is 0 Å². The predicted molar refractivity (Wildman–Crippen MR) is 77.1 cm³/mol. The number of hydrogen-bond acceptors (Lipinski definition) is 2. The Morgan fingerprint density at radius 3 is 2.68 bits per heavy atom. The molecule has 0 aliphatic carbocycles. The summed E-state index contributed by atoms with van der Waals surface area (Å²) in [5.74, 6) is -0.214. The van der Waals surface area contributed by atoms with E-state index in [0.29, 0.717) is 5.56 Å². The molecule has 1 aliphatic rings. The van der Waals surface area contributed by atoms with E-state index in [1.54, 1.807) is 0 Å². The molecular weight excluding hydrogens is 304 g/mol. The van der Waals surface area contributed by atoms with Gasteiger partial charge in [-0.1, -0.05) is 52.3 Å². The number of cyclic esters (lactones) is 1. The zero-order valence-electron chi connectivity index (χ0n) is 10.3. The van der Waals surface area contributed by atoms with Gasteiger partial charge in [0, 0.05) is 10.0 Å². The SMILES string of the molecule is O=C1OC(CCc2ccccc2)c2ccc(Br)cc21. The number of benzene rings is 2.